The van der Waals surface area contributed by atoms with Crippen molar-refractivity contribution in [3.8, 4) is 0 Å². The third-order valence-electron chi connectivity index (χ3n) is 3.84. The Kier molecular flexibility index (Phi) is 3.81. The van der Waals surface area contributed by atoms with Crippen molar-refractivity contribution in [3.05, 3.63) is 36.2 Å². The maximum absolute atomic E-state index is 12.7. The van der Waals surface area contributed by atoms with Gasteiger partial charge in [-0.2, -0.15) is 5.10 Å². The standard InChI is InChI=1S/C15H19N5O2/c1-2-17-14(21)13-7-10(16)9-19(13)15(22)12-8-11-5-3-4-6-20(11)18-12/h3-6,8,10,13H,2,7,9,16H2,1H3,(H,17,21)/t10-,13-/m0/s1. The maximum Gasteiger partial charge on any atom is 0.275 e. The number of nitrogens with two attached hydrogens (primary N) is 1. The Labute approximate surface area is 128 Å². The quantitative estimate of drug-likeness (QED) is 0.835. The Bertz CT molecular complexity index is 678. The number of carbonyl (C=O) groups is 2. The Balaban J connectivity index is 1.87. The molecule has 0 aromatic carbocycles. The average molecular weight is 301 g/mol. The molecule has 1 aliphatic heterocycles. The molecule has 22 heavy (non-hydrogen) atoms. The van der Waals surface area contributed by atoms with Gasteiger partial charge in [0, 0.05) is 25.3 Å². The summed E-state index contributed by atoms with van der Waals surface area (Å²) in [6.45, 7) is 2.75. The number of likely N-dealkylation sites (tertiary alicyclic amines) is 1. The van der Waals surface area contributed by atoms with Gasteiger partial charge in [-0.15, -0.1) is 0 Å². The van der Waals surface area contributed by atoms with E-state index in [1.54, 1.807) is 16.8 Å². The van der Waals surface area contributed by atoms with Crippen LogP contribution >= 0.6 is 0 Å². The topological polar surface area (TPSA) is 92.7 Å². The van der Waals surface area contributed by atoms with E-state index in [2.05, 4.69) is 10.4 Å². The van der Waals surface area contributed by atoms with E-state index in [0.29, 0.717) is 25.2 Å². The minimum Gasteiger partial charge on any atom is -0.355 e. The van der Waals surface area contributed by atoms with Crippen molar-refractivity contribution in [1.82, 2.24) is 19.8 Å². The Morgan fingerprint density at radius 3 is 3.00 bits per heavy atom. The summed E-state index contributed by atoms with van der Waals surface area (Å²) in [7, 11) is 0. The second kappa shape index (κ2) is 5.76. The molecule has 0 radical (unpaired) electrons. The highest BCUT2D eigenvalue weighted by molar-refractivity contribution is 5.97. The van der Waals surface area contributed by atoms with Gasteiger partial charge in [-0.05, 0) is 31.5 Å². The summed E-state index contributed by atoms with van der Waals surface area (Å²) < 4.78 is 1.64. The highest BCUT2D eigenvalue weighted by Gasteiger charge is 2.38. The molecule has 2 atom stereocenters. The van der Waals surface area contributed by atoms with Crippen LogP contribution in [0.4, 0.5) is 0 Å². The summed E-state index contributed by atoms with van der Waals surface area (Å²) in [5, 5.41) is 7.03. The second-order valence-electron chi connectivity index (χ2n) is 5.46. The van der Waals surface area contributed by atoms with Gasteiger partial charge in [-0.1, -0.05) is 6.07 Å². The van der Waals surface area contributed by atoms with Gasteiger partial charge in [0.1, 0.15) is 6.04 Å². The Morgan fingerprint density at radius 2 is 2.27 bits per heavy atom. The molecular formula is C15H19N5O2. The molecule has 1 saturated heterocycles. The van der Waals surface area contributed by atoms with Crippen molar-refractivity contribution in [3.63, 3.8) is 0 Å². The van der Waals surface area contributed by atoms with E-state index in [0.717, 1.165) is 5.52 Å². The number of likely N-dealkylation sites (N-methyl/N-ethyl adjacent to an activating group) is 1. The molecule has 116 valence electrons. The molecular weight excluding hydrogens is 282 g/mol. The second-order valence-corrected chi connectivity index (χ2v) is 5.46. The SMILES string of the molecule is CCNC(=O)[C@@H]1C[C@H](N)CN1C(=O)c1cc2ccccn2n1. The maximum atomic E-state index is 12.7. The fourth-order valence-corrected chi connectivity index (χ4v) is 2.82. The summed E-state index contributed by atoms with van der Waals surface area (Å²) in [6.07, 6.45) is 2.26. The van der Waals surface area contributed by atoms with Gasteiger partial charge in [0.15, 0.2) is 5.69 Å². The Hall–Kier alpha value is -2.41. The highest BCUT2D eigenvalue weighted by atomic mass is 16.2. The van der Waals surface area contributed by atoms with Crippen LogP contribution in [0.5, 0.6) is 0 Å². The third-order valence-corrected chi connectivity index (χ3v) is 3.84. The van der Waals surface area contributed by atoms with Gasteiger partial charge in [-0.25, -0.2) is 4.52 Å². The van der Waals surface area contributed by atoms with Gasteiger partial charge >= 0.3 is 0 Å². The summed E-state index contributed by atoms with van der Waals surface area (Å²) in [6, 6.07) is 6.62. The molecule has 1 fully saturated rings. The first-order chi connectivity index (χ1) is 10.6. The molecule has 0 saturated carbocycles. The van der Waals surface area contributed by atoms with E-state index in [1.165, 1.54) is 4.90 Å². The smallest absolute Gasteiger partial charge is 0.275 e. The minimum absolute atomic E-state index is 0.160. The molecule has 0 aliphatic carbocycles. The molecule has 0 spiro atoms. The molecule has 0 unspecified atom stereocenters. The highest BCUT2D eigenvalue weighted by Crippen LogP contribution is 2.20. The fraction of sp³-hybridized carbons (Fsp3) is 0.400. The Morgan fingerprint density at radius 1 is 1.45 bits per heavy atom. The molecule has 2 aromatic rings. The van der Waals surface area contributed by atoms with E-state index < -0.39 is 6.04 Å². The molecule has 7 nitrogen and oxygen atoms in total. The van der Waals surface area contributed by atoms with Gasteiger partial charge < -0.3 is 16.0 Å². The van der Waals surface area contributed by atoms with Crippen LogP contribution in [0.2, 0.25) is 0 Å². The van der Waals surface area contributed by atoms with Crippen molar-refractivity contribution in [2.24, 2.45) is 5.73 Å². The van der Waals surface area contributed by atoms with Crippen molar-refractivity contribution in [1.29, 1.82) is 0 Å². The molecule has 3 rings (SSSR count). The molecule has 0 bridgehead atoms. The van der Waals surface area contributed by atoms with Crippen LogP contribution in [-0.2, 0) is 4.79 Å². The normalized spacial score (nSPS) is 21.3. The van der Waals surface area contributed by atoms with Crippen LogP contribution in [-0.4, -0.2) is 51.5 Å². The van der Waals surface area contributed by atoms with E-state index in [9.17, 15) is 9.59 Å². The molecule has 7 heteroatoms. The fourth-order valence-electron chi connectivity index (χ4n) is 2.82. The number of fused-ring (bicyclic) bond motifs is 1. The lowest BCUT2D eigenvalue weighted by Crippen LogP contribution is -2.46. The van der Waals surface area contributed by atoms with Gasteiger partial charge in [0.05, 0.1) is 5.52 Å². The lowest BCUT2D eigenvalue weighted by molar-refractivity contribution is -0.124. The summed E-state index contributed by atoms with van der Waals surface area (Å²) >= 11 is 0. The number of nitrogens with one attached hydrogen (secondary N) is 1. The van der Waals surface area contributed by atoms with Crippen molar-refractivity contribution in [2.45, 2.75) is 25.4 Å². The number of amides is 2. The van der Waals surface area contributed by atoms with Crippen LogP contribution in [0.25, 0.3) is 5.52 Å². The van der Waals surface area contributed by atoms with Crippen LogP contribution in [0, 0.1) is 0 Å². The predicted molar refractivity (Wildman–Crippen MR) is 81.3 cm³/mol. The first-order valence-corrected chi connectivity index (χ1v) is 7.39. The number of aromatic nitrogens is 2. The number of hydrogen-bond donors (Lipinski definition) is 2. The number of carbonyl (C=O) groups excluding carboxylic acids is 2. The first kappa shape index (κ1) is 14.5. The zero-order chi connectivity index (χ0) is 15.7. The monoisotopic (exact) mass is 301 g/mol. The lowest BCUT2D eigenvalue weighted by Gasteiger charge is -2.22. The van der Waals surface area contributed by atoms with E-state index in [4.69, 9.17) is 5.73 Å². The van der Waals surface area contributed by atoms with Crippen LogP contribution < -0.4 is 11.1 Å². The number of hydrogen-bond acceptors (Lipinski definition) is 4. The van der Waals surface area contributed by atoms with Crippen molar-refractivity contribution >= 4 is 17.3 Å². The first-order valence-electron chi connectivity index (χ1n) is 7.39. The predicted octanol–water partition coefficient (Wildman–Crippen LogP) is 0.0122. The number of nitrogens with zero attached hydrogens (tertiary/aromatic N) is 3. The molecule has 3 heterocycles. The van der Waals surface area contributed by atoms with Gasteiger partial charge in [0.2, 0.25) is 5.91 Å². The summed E-state index contributed by atoms with van der Waals surface area (Å²) in [5.74, 6) is -0.416. The molecule has 2 amide bonds. The lowest BCUT2D eigenvalue weighted by atomic mass is 10.1. The zero-order valence-corrected chi connectivity index (χ0v) is 12.4. The van der Waals surface area contributed by atoms with E-state index in [-0.39, 0.29) is 17.9 Å². The molecule has 2 aromatic heterocycles. The van der Waals surface area contributed by atoms with Crippen LogP contribution in [0.15, 0.2) is 30.5 Å². The molecule has 3 N–H and O–H groups in total. The third kappa shape index (κ3) is 2.55. The van der Waals surface area contributed by atoms with Gasteiger partial charge in [-0.3, -0.25) is 9.59 Å². The zero-order valence-electron chi connectivity index (χ0n) is 12.4. The number of pyridine rings is 1. The molecule has 1 aliphatic rings. The van der Waals surface area contributed by atoms with Crippen LogP contribution in [0.3, 0.4) is 0 Å². The van der Waals surface area contributed by atoms with Crippen LogP contribution in [0.1, 0.15) is 23.8 Å². The van der Waals surface area contributed by atoms with E-state index >= 15 is 0 Å². The van der Waals surface area contributed by atoms with Crippen molar-refractivity contribution < 1.29 is 9.59 Å². The number of rotatable bonds is 3. The van der Waals surface area contributed by atoms with Crippen molar-refractivity contribution in [2.75, 3.05) is 13.1 Å². The average Bonchev–Trinajstić information content (AvgIpc) is 3.10. The summed E-state index contributed by atoms with van der Waals surface area (Å²) in [5.41, 5.74) is 7.11. The van der Waals surface area contributed by atoms with Gasteiger partial charge in [0.25, 0.3) is 5.91 Å². The largest absolute Gasteiger partial charge is 0.355 e. The van der Waals surface area contributed by atoms with E-state index in [1.807, 2.05) is 25.1 Å². The minimum atomic E-state index is -0.521. The summed E-state index contributed by atoms with van der Waals surface area (Å²) in [4.78, 5) is 26.3.